The maximum atomic E-state index is 12.9. The summed E-state index contributed by atoms with van der Waals surface area (Å²) in [6, 6.07) is 24.3. The number of para-hydroxylation sites is 2. The molecule has 0 bridgehead atoms. The van der Waals surface area contributed by atoms with Crippen LogP contribution < -0.4 is 4.90 Å². The van der Waals surface area contributed by atoms with Crippen molar-refractivity contribution >= 4 is 34.2 Å². The fourth-order valence-corrected chi connectivity index (χ4v) is 4.61. The van der Waals surface area contributed by atoms with Gasteiger partial charge in [-0.2, -0.15) is 0 Å². The maximum Gasteiger partial charge on any atom is 0.227 e. The van der Waals surface area contributed by atoms with Gasteiger partial charge in [-0.1, -0.05) is 61.0 Å². The topological polar surface area (TPSA) is 38.1 Å². The van der Waals surface area contributed by atoms with E-state index in [4.69, 9.17) is 16.6 Å². The van der Waals surface area contributed by atoms with Crippen LogP contribution in [0.15, 0.2) is 72.8 Å². The molecular formula is C26H24ClN3O. The number of hydrogen-bond acceptors (Lipinski definition) is 2. The number of carbonyl (C=O) groups is 1. The zero-order valence-electron chi connectivity index (χ0n) is 17.5. The van der Waals surface area contributed by atoms with E-state index in [0.717, 1.165) is 39.6 Å². The average molecular weight is 430 g/mol. The molecule has 4 nitrogen and oxygen atoms in total. The van der Waals surface area contributed by atoms with Gasteiger partial charge in [0.1, 0.15) is 5.82 Å². The van der Waals surface area contributed by atoms with Crippen LogP contribution in [0.25, 0.3) is 11.0 Å². The molecular weight excluding hydrogens is 406 g/mol. The summed E-state index contributed by atoms with van der Waals surface area (Å²) in [6.07, 6.45) is 1.45. The molecule has 1 aromatic heterocycles. The largest absolute Gasteiger partial charge is 0.323 e. The Balaban J connectivity index is 1.51. The van der Waals surface area contributed by atoms with Crippen molar-refractivity contribution in [2.75, 3.05) is 11.4 Å². The first kappa shape index (κ1) is 19.8. The van der Waals surface area contributed by atoms with Gasteiger partial charge in [0.25, 0.3) is 0 Å². The predicted octanol–water partition coefficient (Wildman–Crippen LogP) is 5.82. The van der Waals surface area contributed by atoms with Crippen LogP contribution in [0.3, 0.4) is 0 Å². The Bertz CT molecular complexity index is 1250. The van der Waals surface area contributed by atoms with Crippen LogP contribution in [0.1, 0.15) is 36.2 Å². The van der Waals surface area contributed by atoms with Crippen molar-refractivity contribution in [3.8, 4) is 0 Å². The molecule has 5 heteroatoms. The Morgan fingerprint density at radius 1 is 1.00 bits per heavy atom. The molecule has 2 heterocycles. The van der Waals surface area contributed by atoms with E-state index in [1.165, 1.54) is 5.56 Å². The van der Waals surface area contributed by atoms with E-state index in [2.05, 4.69) is 29.7 Å². The number of amides is 1. The van der Waals surface area contributed by atoms with Crippen LogP contribution in [0.4, 0.5) is 5.69 Å². The van der Waals surface area contributed by atoms with Crippen molar-refractivity contribution in [2.45, 2.75) is 32.2 Å². The van der Waals surface area contributed by atoms with E-state index in [9.17, 15) is 4.79 Å². The Kier molecular flexibility index (Phi) is 5.24. The summed E-state index contributed by atoms with van der Waals surface area (Å²) in [5.41, 5.74) is 5.29. The summed E-state index contributed by atoms with van der Waals surface area (Å²) in [4.78, 5) is 19.8. The van der Waals surface area contributed by atoms with Crippen molar-refractivity contribution in [3.63, 3.8) is 0 Å². The van der Waals surface area contributed by atoms with Gasteiger partial charge < -0.3 is 9.47 Å². The van der Waals surface area contributed by atoms with Crippen molar-refractivity contribution in [3.05, 3.63) is 94.8 Å². The Morgan fingerprint density at radius 3 is 2.52 bits per heavy atom. The molecule has 31 heavy (non-hydrogen) atoms. The highest BCUT2D eigenvalue weighted by Gasteiger charge is 2.34. The zero-order chi connectivity index (χ0) is 21.4. The summed E-state index contributed by atoms with van der Waals surface area (Å²) < 4.78 is 2.22. The highest BCUT2D eigenvalue weighted by molar-refractivity contribution is 6.31. The van der Waals surface area contributed by atoms with E-state index < -0.39 is 0 Å². The second-order valence-corrected chi connectivity index (χ2v) is 8.47. The molecule has 0 radical (unpaired) electrons. The second-order valence-electron chi connectivity index (χ2n) is 8.06. The van der Waals surface area contributed by atoms with Crippen molar-refractivity contribution < 1.29 is 4.79 Å². The van der Waals surface area contributed by atoms with Crippen LogP contribution >= 0.6 is 11.6 Å². The van der Waals surface area contributed by atoms with Gasteiger partial charge in [-0.25, -0.2) is 4.98 Å². The molecule has 1 unspecified atom stereocenters. The minimum Gasteiger partial charge on any atom is -0.323 e. The lowest BCUT2D eigenvalue weighted by atomic mass is 10.1. The smallest absolute Gasteiger partial charge is 0.227 e. The SMILES string of the molecule is CCc1ccc(N2CC(c3nc4ccccc4n3Cc3ccccc3Cl)CC2=O)cc1. The van der Waals surface area contributed by atoms with Crippen LogP contribution in [-0.2, 0) is 17.8 Å². The predicted molar refractivity (Wildman–Crippen MR) is 126 cm³/mol. The Labute approximate surface area is 187 Å². The summed E-state index contributed by atoms with van der Waals surface area (Å²) in [5, 5.41) is 0.742. The summed E-state index contributed by atoms with van der Waals surface area (Å²) in [7, 11) is 0. The van der Waals surface area contributed by atoms with Crippen molar-refractivity contribution in [1.29, 1.82) is 0 Å². The molecule has 1 amide bonds. The molecule has 1 aliphatic heterocycles. The average Bonchev–Trinajstić information content (AvgIpc) is 3.36. The van der Waals surface area contributed by atoms with Crippen LogP contribution in [0, 0.1) is 0 Å². The minimum absolute atomic E-state index is 0.0354. The van der Waals surface area contributed by atoms with Gasteiger partial charge in [0, 0.05) is 29.6 Å². The number of halogens is 1. The highest BCUT2D eigenvalue weighted by Crippen LogP contribution is 2.34. The van der Waals surface area contributed by atoms with Gasteiger partial charge in [-0.15, -0.1) is 0 Å². The number of carbonyl (C=O) groups excluding carboxylic acids is 1. The first-order valence-corrected chi connectivity index (χ1v) is 11.1. The third-order valence-corrected chi connectivity index (χ3v) is 6.49. The van der Waals surface area contributed by atoms with E-state index in [1.54, 1.807) is 0 Å². The first-order valence-electron chi connectivity index (χ1n) is 10.7. The van der Waals surface area contributed by atoms with Crippen LogP contribution in [-0.4, -0.2) is 22.0 Å². The molecule has 156 valence electrons. The Hall–Kier alpha value is -3.11. The van der Waals surface area contributed by atoms with Gasteiger partial charge in [-0.05, 0) is 47.9 Å². The molecule has 5 rings (SSSR count). The summed E-state index contributed by atoms with van der Waals surface area (Å²) in [5.74, 6) is 1.13. The molecule has 0 N–H and O–H groups in total. The monoisotopic (exact) mass is 429 g/mol. The lowest BCUT2D eigenvalue weighted by Crippen LogP contribution is -2.24. The van der Waals surface area contributed by atoms with Gasteiger partial charge in [0.15, 0.2) is 0 Å². The molecule has 4 aromatic rings. The number of nitrogens with zero attached hydrogens (tertiary/aromatic N) is 3. The summed E-state index contributed by atoms with van der Waals surface area (Å²) >= 11 is 6.46. The molecule has 1 aliphatic rings. The van der Waals surface area contributed by atoms with E-state index >= 15 is 0 Å². The Morgan fingerprint density at radius 2 is 1.74 bits per heavy atom. The number of benzene rings is 3. The first-order chi connectivity index (χ1) is 15.1. The zero-order valence-corrected chi connectivity index (χ0v) is 18.2. The molecule has 1 atom stereocenters. The maximum absolute atomic E-state index is 12.9. The fraction of sp³-hybridized carbons (Fsp3) is 0.231. The molecule has 0 saturated carbocycles. The van der Waals surface area contributed by atoms with E-state index in [-0.39, 0.29) is 11.8 Å². The normalized spacial score (nSPS) is 16.4. The van der Waals surface area contributed by atoms with Crippen molar-refractivity contribution in [2.24, 2.45) is 0 Å². The fourth-order valence-electron chi connectivity index (χ4n) is 4.41. The number of aryl methyl sites for hydroxylation is 1. The number of hydrogen-bond donors (Lipinski definition) is 0. The lowest BCUT2D eigenvalue weighted by Gasteiger charge is -2.18. The van der Waals surface area contributed by atoms with Gasteiger partial charge >= 0.3 is 0 Å². The van der Waals surface area contributed by atoms with Gasteiger partial charge in [-0.3, -0.25) is 4.79 Å². The standard InChI is InChI=1S/C26H24ClN3O/c1-2-18-11-13-21(14-12-18)29-17-20(15-25(29)31)26-28-23-9-5-6-10-24(23)30(26)16-19-7-3-4-8-22(19)27/h3-14,20H,2,15-17H2,1H3. The van der Waals surface area contributed by atoms with Gasteiger partial charge in [0.2, 0.25) is 5.91 Å². The molecule has 0 aliphatic carbocycles. The van der Waals surface area contributed by atoms with Crippen LogP contribution in [0.5, 0.6) is 0 Å². The second kappa shape index (κ2) is 8.20. The third-order valence-electron chi connectivity index (χ3n) is 6.12. The number of fused-ring (bicyclic) bond motifs is 1. The molecule has 0 spiro atoms. The van der Waals surface area contributed by atoms with Crippen molar-refractivity contribution in [1.82, 2.24) is 9.55 Å². The van der Waals surface area contributed by atoms with Gasteiger partial charge in [0.05, 0.1) is 17.6 Å². The van der Waals surface area contributed by atoms with E-state index in [0.29, 0.717) is 19.5 Å². The number of imidazole rings is 1. The molecule has 3 aromatic carbocycles. The minimum atomic E-state index is 0.0354. The number of rotatable bonds is 5. The third kappa shape index (κ3) is 3.72. The van der Waals surface area contributed by atoms with E-state index in [1.807, 2.05) is 59.5 Å². The molecule has 1 saturated heterocycles. The van der Waals surface area contributed by atoms with Crippen LogP contribution in [0.2, 0.25) is 5.02 Å². The molecule has 1 fully saturated rings. The number of anilines is 1. The summed E-state index contributed by atoms with van der Waals surface area (Å²) in [6.45, 7) is 3.40. The quantitative estimate of drug-likeness (QED) is 0.401. The highest BCUT2D eigenvalue weighted by atomic mass is 35.5. The number of aromatic nitrogens is 2. The lowest BCUT2D eigenvalue weighted by molar-refractivity contribution is -0.117.